The van der Waals surface area contributed by atoms with Gasteiger partial charge in [0, 0.05) is 6.07 Å². The fourth-order valence-electron chi connectivity index (χ4n) is 2.03. The second-order valence-corrected chi connectivity index (χ2v) is 4.91. The highest BCUT2D eigenvalue weighted by Crippen LogP contribution is 2.33. The first-order chi connectivity index (χ1) is 8.92. The monoisotopic (exact) mass is 264 g/mol. The van der Waals surface area contributed by atoms with Crippen molar-refractivity contribution in [3.63, 3.8) is 0 Å². The predicted molar refractivity (Wildman–Crippen MR) is 67.7 cm³/mol. The number of nitrogens with one attached hydrogen (secondary N) is 1. The largest absolute Gasteiger partial charge is 0.481 e. The van der Waals surface area contributed by atoms with Crippen LogP contribution in [0.3, 0.4) is 0 Å². The Morgan fingerprint density at radius 2 is 2.26 bits per heavy atom. The van der Waals surface area contributed by atoms with E-state index in [1.165, 1.54) is 13.3 Å². The van der Waals surface area contributed by atoms with Crippen molar-refractivity contribution in [3.8, 4) is 5.88 Å². The number of ether oxygens (including phenoxy) is 2. The Hall–Kier alpha value is -2.11. The first-order valence-electron chi connectivity index (χ1n) is 5.95. The molecule has 1 aliphatic heterocycles. The van der Waals surface area contributed by atoms with E-state index in [0.717, 1.165) is 0 Å². The van der Waals surface area contributed by atoms with Gasteiger partial charge in [-0.1, -0.05) is 0 Å². The van der Waals surface area contributed by atoms with Crippen LogP contribution in [0.5, 0.6) is 5.88 Å². The molecular weight excluding hydrogens is 248 g/mol. The van der Waals surface area contributed by atoms with Gasteiger partial charge < -0.3 is 14.8 Å². The summed E-state index contributed by atoms with van der Waals surface area (Å²) in [4.78, 5) is 27.4. The number of methoxy groups -OCH3 is 1. The third-order valence-electron chi connectivity index (χ3n) is 3.12. The SMILES string of the molecule is COc1ccc(NC(=O)[C@@H]2CC(=O)OC2(C)C)cn1. The van der Waals surface area contributed by atoms with Crippen LogP contribution in [0.4, 0.5) is 5.69 Å². The van der Waals surface area contributed by atoms with Crippen molar-refractivity contribution in [2.24, 2.45) is 5.92 Å². The van der Waals surface area contributed by atoms with E-state index in [4.69, 9.17) is 9.47 Å². The van der Waals surface area contributed by atoms with Crippen molar-refractivity contribution in [1.29, 1.82) is 0 Å². The van der Waals surface area contributed by atoms with Gasteiger partial charge in [-0.3, -0.25) is 9.59 Å². The molecule has 0 saturated carbocycles. The second-order valence-electron chi connectivity index (χ2n) is 4.91. The van der Waals surface area contributed by atoms with Crippen LogP contribution in [0.25, 0.3) is 0 Å². The van der Waals surface area contributed by atoms with E-state index < -0.39 is 11.5 Å². The molecule has 0 aromatic carbocycles. The molecule has 1 atom stereocenters. The molecule has 0 radical (unpaired) electrons. The third-order valence-corrected chi connectivity index (χ3v) is 3.12. The van der Waals surface area contributed by atoms with Crippen molar-refractivity contribution >= 4 is 17.6 Å². The molecule has 0 unspecified atom stereocenters. The lowest BCUT2D eigenvalue weighted by molar-refractivity contribution is -0.147. The minimum atomic E-state index is -0.777. The summed E-state index contributed by atoms with van der Waals surface area (Å²) >= 11 is 0. The molecular formula is C13H16N2O4. The molecule has 1 amide bonds. The van der Waals surface area contributed by atoms with E-state index >= 15 is 0 Å². The zero-order chi connectivity index (χ0) is 14.0. The zero-order valence-corrected chi connectivity index (χ0v) is 11.1. The maximum absolute atomic E-state index is 12.1. The number of carbonyl (C=O) groups excluding carboxylic acids is 2. The summed E-state index contributed by atoms with van der Waals surface area (Å²) in [7, 11) is 1.52. The van der Waals surface area contributed by atoms with E-state index in [2.05, 4.69) is 10.3 Å². The van der Waals surface area contributed by atoms with Crippen molar-refractivity contribution in [1.82, 2.24) is 4.98 Å². The topological polar surface area (TPSA) is 77.5 Å². The smallest absolute Gasteiger partial charge is 0.307 e. The number of esters is 1. The lowest BCUT2D eigenvalue weighted by Crippen LogP contribution is -2.36. The van der Waals surface area contributed by atoms with Crippen molar-refractivity contribution in [2.75, 3.05) is 12.4 Å². The third kappa shape index (κ3) is 2.83. The van der Waals surface area contributed by atoms with E-state index in [1.54, 1.807) is 26.0 Å². The molecule has 1 aromatic rings. The zero-order valence-electron chi connectivity index (χ0n) is 11.1. The van der Waals surface area contributed by atoms with Crippen LogP contribution < -0.4 is 10.1 Å². The van der Waals surface area contributed by atoms with Gasteiger partial charge in [-0.15, -0.1) is 0 Å². The molecule has 19 heavy (non-hydrogen) atoms. The van der Waals surface area contributed by atoms with E-state index in [9.17, 15) is 9.59 Å². The number of amides is 1. The normalized spacial score (nSPS) is 20.8. The maximum Gasteiger partial charge on any atom is 0.307 e. The summed E-state index contributed by atoms with van der Waals surface area (Å²) in [6.07, 6.45) is 1.60. The Morgan fingerprint density at radius 1 is 1.53 bits per heavy atom. The fourth-order valence-corrected chi connectivity index (χ4v) is 2.03. The Kier molecular flexibility index (Phi) is 3.42. The summed E-state index contributed by atoms with van der Waals surface area (Å²) in [6, 6.07) is 3.34. The minimum absolute atomic E-state index is 0.0996. The number of cyclic esters (lactones) is 1. The standard InChI is InChI=1S/C13H16N2O4/c1-13(2)9(6-11(16)19-13)12(17)15-8-4-5-10(18-3)14-7-8/h4-5,7,9H,6H2,1-3H3,(H,15,17)/t9-/m0/s1. The van der Waals surface area contributed by atoms with Crippen molar-refractivity contribution < 1.29 is 19.1 Å². The Morgan fingerprint density at radius 3 is 2.74 bits per heavy atom. The molecule has 1 aliphatic rings. The highest BCUT2D eigenvalue weighted by Gasteiger charge is 2.46. The molecule has 1 fully saturated rings. The van der Waals surface area contributed by atoms with Crippen LogP contribution in [0.15, 0.2) is 18.3 Å². The summed E-state index contributed by atoms with van der Waals surface area (Å²) in [6.45, 7) is 3.46. The average molecular weight is 264 g/mol. The maximum atomic E-state index is 12.1. The Bertz CT molecular complexity index is 496. The first-order valence-corrected chi connectivity index (χ1v) is 5.95. The Labute approximate surface area is 111 Å². The quantitative estimate of drug-likeness (QED) is 0.834. The highest BCUT2D eigenvalue weighted by molar-refractivity contribution is 5.96. The van der Waals surface area contributed by atoms with Crippen molar-refractivity contribution in [2.45, 2.75) is 25.9 Å². The van der Waals surface area contributed by atoms with Crippen LogP contribution in [-0.2, 0) is 14.3 Å². The van der Waals surface area contributed by atoms with E-state index in [0.29, 0.717) is 11.6 Å². The van der Waals surface area contributed by atoms with Gasteiger partial charge in [0.1, 0.15) is 5.60 Å². The van der Waals surface area contributed by atoms with Gasteiger partial charge in [0.2, 0.25) is 11.8 Å². The lowest BCUT2D eigenvalue weighted by atomic mass is 9.90. The molecule has 0 aliphatic carbocycles. The molecule has 0 spiro atoms. The number of nitrogens with zero attached hydrogens (tertiary/aromatic N) is 1. The average Bonchev–Trinajstić information content (AvgIpc) is 2.63. The number of pyridine rings is 1. The molecule has 1 saturated heterocycles. The van der Waals surface area contributed by atoms with Gasteiger partial charge in [0.25, 0.3) is 0 Å². The van der Waals surface area contributed by atoms with Gasteiger partial charge in [-0.2, -0.15) is 0 Å². The number of hydrogen-bond acceptors (Lipinski definition) is 5. The summed E-state index contributed by atoms with van der Waals surface area (Å²) in [5, 5.41) is 2.72. The van der Waals surface area contributed by atoms with Gasteiger partial charge in [-0.25, -0.2) is 4.98 Å². The van der Waals surface area contributed by atoms with Crippen LogP contribution in [0, 0.1) is 5.92 Å². The lowest BCUT2D eigenvalue weighted by Gasteiger charge is -2.23. The Balaban J connectivity index is 2.06. The first kappa shape index (κ1) is 13.3. The molecule has 1 N–H and O–H groups in total. The van der Waals surface area contributed by atoms with Crippen LogP contribution >= 0.6 is 0 Å². The van der Waals surface area contributed by atoms with Gasteiger partial charge in [-0.05, 0) is 19.9 Å². The number of anilines is 1. The number of aromatic nitrogens is 1. The summed E-state index contributed by atoms with van der Waals surface area (Å²) in [5.41, 5.74) is -0.220. The number of hydrogen-bond donors (Lipinski definition) is 1. The van der Waals surface area contributed by atoms with Crippen LogP contribution in [-0.4, -0.2) is 29.6 Å². The molecule has 102 valence electrons. The van der Waals surface area contributed by atoms with E-state index in [1.807, 2.05) is 0 Å². The predicted octanol–water partition coefficient (Wildman–Crippen LogP) is 1.37. The highest BCUT2D eigenvalue weighted by atomic mass is 16.6. The second kappa shape index (κ2) is 4.87. The van der Waals surface area contributed by atoms with Gasteiger partial charge in [0.15, 0.2) is 0 Å². The van der Waals surface area contributed by atoms with Crippen LogP contribution in [0.2, 0.25) is 0 Å². The summed E-state index contributed by atoms with van der Waals surface area (Å²) in [5.74, 6) is -0.624. The molecule has 0 bridgehead atoms. The van der Waals surface area contributed by atoms with Gasteiger partial charge in [0.05, 0.1) is 31.3 Å². The number of carbonyl (C=O) groups is 2. The van der Waals surface area contributed by atoms with E-state index in [-0.39, 0.29) is 18.3 Å². The minimum Gasteiger partial charge on any atom is -0.481 e. The molecule has 6 nitrogen and oxygen atoms in total. The molecule has 6 heteroatoms. The number of rotatable bonds is 3. The molecule has 1 aromatic heterocycles. The van der Waals surface area contributed by atoms with Crippen LogP contribution in [0.1, 0.15) is 20.3 Å². The van der Waals surface area contributed by atoms with Crippen molar-refractivity contribution in [3.05, 3.63) is 18.3 Å². The fraction of sp³-hybridized carbons (Fsp3) is 0.462. The van der Waals surface area contributed by atoms with Gasteiger partial charge >= 0.3 is 5.97 Å². The molecule has 2 heterocycles. The summed E-state index contributed by atoms with van der Waals surface area (Å²) < 4.78 is 10.1. The molecule has 2 rings (SSSR count).